The number of hydrogen-bond donors (Lipinski definition) is 2. The maximum Gasteiger partial charge on any atom is 0.345 e. The van der Waals surface area contributed by atoms with E-state index in [1.165, 1.54) is 80.3 Å². The van der Waals surface area contributed by atoms with Crippen molar-refractivity contribution in [2.75, 3.05) is 0 Å². The van der Waals surface area contributed by atoms with Gasteiger partial charge in [-0.2, -0.15) is 0 Å². The van der Waals surface area contributed by atoms with Crippen LogP contribution >= 0.6 is 0 Å². The maximum absolute atomic E-state index is 12.8. The Morgan fingerprint density at radius 2 is 1.07 bits per heavy atom. The van der Waals surface area contributed by atoms with Crippen molar-refractivity contribution in [2.45, 2.75) is 71.1 Å². The standard InChI is InChI=1S/C32H36O10/c1-2-3-4-5-6-7-8-9-10-11-12-26(32(40)42-31(39)25-19-15-23(16-20-25)29(36)37)21-27(33)41-30(38)24-17-13-22(14-18-24)28(34)35/h11-20,26H,2-10,21H2,1H3,(H,34,35)(H,36,37). The smallest absolute Gasteiger partial charge is 0.345 e. The first-order valence-corrected chi connectivity index (χ1v) is 14.0. The molecule has 0 aliphatic rings. The third-order valence-corrected chi connectivity index (χ3v) is 6.42. The highest BCUT2D eigenvalue weighted by Gasteiger charge is 2.26. The molecule has 0 bridgehead atoms. The number of unbranched alkanes of at least 4 members (excludes halogenated alkanes) is 8. The minimum atomic E-state index is -1.23. The highest BCUT2D eigenvalue weighted by atomic mass is 16.6. The summed E-state index contributed by atoms with van der Waals surface area (Å²) in [6, 6.07) is 9.56. The second-order valence-corrected chi connectivity index (χ2v) is 9.74. The predicted molar refractivity (Wildman–Crippen MR) is 152 cm³/mol. The Kier molecular flexibility index (Phi) is 14.4. The summed E-state index contributed by atoms with van der Waals surface area (Å²) in [6.07, 6.45) is 12.2. The summed E-state index contributed by atoms with van der Waals surface area (Å²) >= 11 is 0. The molecule has 224 valence electrons. The van der Waals surface area contributed by atoms with Crippen molar-refractivity contribution >= 4 is 35.8 Å². The number of carbonyl (C=O) groups excluding carboxylic acids is 4. The molecule has 0 aliphatic heterocycles. The number of rotatable bonds is 17. The third kappa shape index (κ3) is 11.9. The van der Waals surface area contributed by atoms with Crippen LogP contribution in [0.25, 0.3) is 0 Å². The van der Waals surface area contributed by atoms with Gasteiger partial charge in [0.15, 0.2) is 0 Å². The van der Waals surface area contributed by atoms with Crippen LogP contribution in [-0.4, -0.2) is 46.0 Å². The fourth-order valence-corrected chi connectivity index (χ4v) is 3.99. The van der Waals surface area contributed by atoms with E-state index in [2.05, 4.69) is 6.92 Å². The molecule has 0 aliphatic carbocycles. The van der Waals surface area contributed by atoms with Gasteiger partial charge in [0.1, 0.15) is 0 Å². The predicted octanol–water partition coefficient (Wildman–Crippen LogP) is 6.24. The molecule has 0 fully saturated rings. The molecule has 2 N–H and O–H groups in total. The lowest BCUT2D eigenvalue weighted by atomic mass is 10.0. The topological polar surface area (TPSA) is 161 Å². The molecule has 0 heterocycles. The van der Waals surface area contributed by atoms with Crippen LogP contribution in [0.5, 0.6) is 0 Å². The number of benzene rings is 2. The van der Waals surface area contributed by atoms with Gasteiger partial charge < -0.3 is 19.7 Å². The molecular formula is C32H36O10. The molecule has 42 heavy (non-hydrogen) atoms. The summed E-state index contributed by atoms with van der Waals surface area (Å²) in [5.74, 6) is -7.72. The molecule has 0 aromatic heterocycles. The van der Waals surface area contributed by atoms with Gasteiger partial charge in [0.2, 0.25) is 0 Å². The van der Waals surface area contributed by atoms with Crippen molar-refractivity contribution in [2.24, 2.45) is 5.92 Å². The van der Waals surface area contributed by atoms with Gasteiger partial charge in [-0.05, 0) is 61.4 Å². The molecule has 1 atom stereocenters. The van der Waals surface area contributed by atoms with Gasteiger partial charge in [0, 0.05) is 0 Å². The summed E-state index contributed by atoms with van der Waals surface area (Å²) in [7, 11) is 0. The molecule has 2 aromatic rings. The van der Waals surface area contributed by atoms with E-state index < -0.39 is 48.2 Å². The molecule has 0 saturated heterocycles. The Balaban J connectivity index is 2.01. The van der Waals surface area contributed by atoms with Crippen LogP contribution < -0.4 is 0 Å². The number of carbonyl (C=O) groups is 6. The third-order valence-electron chi connectivity index (χ3n) is 6.42. The van der Waals surface area contributed by atoms with E-state index in [9.17, 15) is 28.8 Å². The fraction of sp³-hybridized carbons (Fsp3) is 0.375. The normalized spacial score (nSPS) is 11.5. The molecular weight excluding hydrogens is 544 g/mol. The van der Waals surface area contributed by atoms with E-state index >= 15 is 0 Å². The zero-order valence-electron chi connectivity index (χ0n) is 23.6. The molecule has 0 saturated carbocycles. The van der Waals surface area contributed by atoms with Crippen molar-refractivity contribution in [3.63, 3.8) is 0 Å². The molecule has 1 unspecified atom stereocenters. The number of esters is 4. The summed E-state index contributed by atoms with van der Waals surface area (Å²) in [6.45, 7) is 2.17. The quantitative estimate of drug-likeness (QED) is 0.0947. The van der Waals surface area contributed by atoms with Crippen molar-refractivity contribution in [1.82, 2.24) is 0 Å². The number of allylic oxidation sites excluding steroid dienone is 1. The number of aromatic carboxylic acids is 2. The van der Waals surface area contributed by atoms with Crippen LogP contribution in [0.2, 0.25) is 0 Å². The Labute approximate surface area is 244 Å². The zero-order valence-corrected chi connectivity index (χ0v) is 23.6. The molecule has 2 aromatic carbocycles. The highest BCUT2D eigenvalue weighted by molar-refractivity contribution is 6.01. The highest BCUT2D eigenvalue weighted by Crippen LogP contribution is 2.16. The fourth-order valence-electron chi connectivity index (χ4n) is 3.99. The van der Waals surface area contributed by atoms with E-state index in [-0.39, 0.29) is 22.3 Å². The second kappa shape index (κ2) is 18.0. The molecule has 0 amide bonds. The lowest BCUT2D eigenvalue weighted by Crippen LogP contribution is -2.24. The summed E-state index contributed by atoms with van der Waals surface area (Å²) in [5.41, 5.74) is -0.218. The second-order valence-electron chi connectivity index (χ2n) is 9.74. The van der Waals surface area contributed by atoms with Gasteiger partial charge in [-0.25, -0.2) is 19.2 Å². The Morgan fingerprint density at radius 1 is 0.643 bits per heavy atom. The van der Waals surface area contributed by atoms with E-state index in [4.69, 9.17) is 19.7 Å². The number of ether oxygens (including phenoxy) is 2. The number of carboxylic acids is 2. The van der Waals surface area contributed by atoms with Crippen LogP contribution in [-0.2, 0) is 19.1 Å². The van der Waals surface area contributed by atoms with Crippen molar-refractivity contribution in [1.29, 1.82) is 0 Å². The SMILES string of the molecule is CCCCCCCCCCC=CC(CC(=O)OC(=O)c1ccc(C(=O)O)cc1)C(=O)OC(=O)c1ccc(C(=O)O)cc1. The van der Waals surface area contributed by atoms with Gasteiger partial charge in [-0.15, -0.1) is 0 Å². The lowest BCUT2D eigenvalue weighted by Gasteiger charge is -2.11. The van der Waals surface area contributed by atoms with E-state index in [1.807, 2.05) is 0 Å². The van der Waals surface area contributed by atoms with Crippen LogP contribution in [0.3, 0.4) is 0 Å². The average molecular weight is 581 g/mol. The Morgan fingerprint density at radius 3 is 1.55 bits per heavy atom. The van der Waals surface area contributed by atoms with Gasteiger partial charge in [0.25, 0.3) is 0 Å². The first-order valence-electron chi connectivity index (χ1n) is 14.0. The zero-order chi connectivity index (χ0) is 30.9. The van der Waals surface area contributed by atoms with Crippen LogP contribution in [0.15, 0.2) is 60.7 Å². The van der Waals surface area contributed by atoms with Crippen LogP contribution in [0.1, 0.15) is 113 Å². The van der Waals surface area contributed by atoms with Crippen LogP contribution in [0, 0.1) is 5.92 Å². The van der Waals surface area contributed by atoms with Gasteiger partial charge in [-0.3, -0.25) is 9.59 Å². The van der Waals surface area contributed by atoms with E-state index in [0.29, 0.717) is 6.42 Å². The Bertz CT molecular complexity index is 1260. The molecule has 10 nitrogen and oxygen atoms in total. The minimum absolute atomic E-state index is 0.0512. The summed E-state index contributed by atoms with van der Waals surface area (Å²) in [4.78, 5) is 72.2. The molecule has 0 spiro atoms. The average Bonchev–Trinajstić information content (AvgIpc) is 2.97. The number of carboxylic acid groups (broad SMARTS) is 2. The molecule has 10 heteroatoms. The van der Waals surface area contributed by atoms with Gasteiger partial charge >= 0.3 is 35.8 Å². The van der Waals surface area contributed by atoms with Crippen LogP contribution in [0.4, 0.5) is 0 Å². The largest absolute Gasteiger partial charge is 0.478 e. The van der Waals surface area contributed by atoms with E-state index in [0.717, 1.165) is 25.7 Å². The van der Waals surface area contributed by atoms with Crippen molar-refractivity contribution in [3.05, 3.63) is 82.9 Å². The maximum atomic E-state index is 12.8. The van der Waals surface area contributed by atoms with Gasteiger partial charge in [-0.1, -0.05) is 64.0 Å². The van der Waals surface area contributed by atoms with E-state index in [1.54, 1.807) is 6.08 Å². The Hall–Kier alpha value is -4.60. The molecule has 0 radical (unpaired) electrons. The first-order chi connectivity index (χ1) is 20.1. The number of hydrogen-bond acceptors (Lipinski definition) is 8. The lowest BCUT2D eigenvalue weighted by molar-refractivity contribution is -0.147. The summed E-state index contributed by atoms with van der Waals surface area (Å²) in [5, 5.41) is 18.0. The minimum Gasteiger partial charge on any atom is -0.478 e. The van der Waals surface area contributed by atoms with Crippen molar-refractivity contribution in [3.8, 4) is 0 Å². The van der Waals surface area contributed by atoms with Gasteiger partial charge in [0.05, 0.1) is 34.6 Å². The molecule has 2 rings (SSSR count). The van der Waals surface area contributed by atoms with Crippen molar-refractivity contribution < 1.29 is 48.5 Å². The summed E-state index contributed by atoms with van der Waals surface area (Å²) < 4.78 is 9.78. The monoisotopic (exact) mass is 580 g/mol. The first kappa shape index (κ1) is 33.6.